The number of nitrogens with one attached hydrogen (secondary N) is 1. The third-order valence-electron chi connectivity index (χ3n) is 2.49. The summed E-state index contributed by atoms with van der Waals surface area (Å²) in [6.07, 6.45) is 0. The van der Waals surface area contributed by atoms with Crippen molar-refractivity contribution in [1.82, 2.24) is 9.78 Å². The third kappa shape index (κ3) is 2.53. The Kier molecular flexibility index (Phi) is 3.69. The smallest absolute Gasteiger partial charge is 0.333 e. The molecule has 0 radical (unpaired) electrons. The van der Waals surface area contributed by atoms with Gasteiger partial charge in [0, 0.05) is 7.05 Å². The summed E-state index contributed by atoms with van der Waals surface area (Å²) in [4.78, 5) is 10.4. The maximum absolute atomic E-state index is 10.9. The number of aryl methyl sites for hydroxylation is 2. The van der Waals surface area contributed by atoms with E-state index in [1.807, 2.05) is 0 Å². The minimum atomic E-state index is -1.04. The van der Waals surface area contributed by atoms with Crippen LogP contribution in [0.3, 0.4) is 0 Å². The molecule has 1 rings (SSSR count). The lowest BCUT2D eigenvalue weighted by Gasteiger charge is -2.26. The van der Waals surface area contributed by atoms with Gasteiger partial charge in [0.05, 0.1) is 23.7 Å². The highest BCUT2D eigenvalue weighted by atomic mass is 16.6. The molecule has 0 unspecified atom stereocenters. The molecule has 0 aromatic carbocycles. The van der Waals surface area contributed by atoms with Gasteiger partial charge in [-0.25, -0.2) is 4.68 Å². The molecule has 0 atom stereocenters. The van der Waals surface area contributed by atoms with Crippen LogP contribution in [0.1, 0.15) is 12.6 Å². The number of aromatic nitrogens is 2. The van der Waals surface area contributed by atoms with Crippen molar-refractivity contribution >= 4 is 11.5 Å². The largest absolute Gasteiger partial charge is 0.394 e. The van der Waals surface area contributed by atoms with Gasteiger partial charge in [0.1, 0.15) is 5.69 Å². The van der Waals surface area contributed by atoms with E-state index in [4.69, 9.17) is 10.2 Å². The van der Waals surface area contributed by atoms with Gasteiger partial charge in [-0.2, -0.15) is 5.10 Å². The van der Waals surface area contributed by atoms with E-state index in [-0.39, 0.29) is 30.4 Å². The molecule has 0 saturated heterocycles. The molecule has 0 aliphatic heterocycles. The van der Waals surface area contributed by atoms with Crippen LogP contribution >= 0.6 is 0 Å². The molecule has 1 heterocycles. The molecular formula is C9H16N4O4. The fourth-order valence-corrected chi connectivity index (χ4v) is 1.42. The maximum Gasteiger partial charge on any atom is 0.333 e. The van der Waals surface area contributed by atoms with Gasteiger partial charge < -0.3 is 15.5 Å². The maximum atomic E-state index is 10.9. The van der Waals surface area contributed by atoms with Crippen LogP contribution in [0.15, 0.2) is 0 Å². The van der Waals surface area contributed by atoms with Gasteiger partial charge in [-0.15, -0.1) is 0 Å². The average Bonchev–Trinajstić information content (AvgIpc) is 2.53. The van der Waals surface area contributed by atoms with E-state index in [9.17, 15) is 10.1 Å². The molecule has 1 aromatic heterocycles. The Balaban J connectivity index is 3.18. The van der Waals surface area contributed by atoms with Gasteiger partial charge in [0.2, 0.25) is 5.82 Å². The summed E-state index contributed by atoms with van der Waals surface area (Å²) < 4.78 is 1.32. The van der Waals surface area contributed by atoms with E-state index in [1.165, 1.54) is 11.6 Å². The fraction of sp³-hybridized carbons (Fsp3) is 0.667. The quantitative estimate of drug-likeness (QED) is 0.488. The highest BCUT2D eigenvalue weighted by molar-refractivity contribution is 5.60. The molecule has 0 aliphatic rings. The number of hydrogen-bond acceptors (Lipinski definition) is 6. The first-order valence-corrected chi connectivity index (χ1v) is 5.02. The molecule has 0 fully saturated rings. The lowest BCUT2D eigenvalue weighted by atomic mass is 10.1. The summed E-state index contributed by atoms with van der Waals surface area (Å²) in [6.45, 7) is 2.37. The first-order valence-electron chi connectivity index (χ1n) is 5.02. The first-order chi connectivity index (χ1) is 7.84. The molecule has 8 nitrogen and oxygen atoms in total. The topological polar surface area (TPSA) is 113 Å². The fourth-order valence-electron chi connectivity index (χ4n) is 1.42. The van der Waals surface area contributed by atoms with Crippen molar-refractivity contribution in [3.05, 3.63) is 15.8 Å². The second-order valence-corrected chi connectivity index (χ2v) is 4.17. The minimum Gasteiger partial charge on any atom is -0.394 e. The van der Waals surface area contributed by atoms with E-state index < -0.39 is 10.5 Å². The minimum absolute atomic E-state index is 0.152. The first kappa shape index (κ1) is 13.4. The summed E-state index contributed by atoms with van der Waals surface area (Å²) >= 11 is 0. The predicted molar refractivity (Wildman–Crippen MR) is 60.8 cm³/mol. The summed E-state index contributed by atoms with van der Waals surface area (Å²) in [6, 6.07) is 0. The van der Waals surface area contributed by atoms with Crippen LogP contribution in [0.5, 0.6) is 0 Å². The number of hydrogen-bond donors (Lipinski definition) is 3. The monoisotopic (exact) mass is 244 g/mol. The Hall–Kier alpha value is -1.67. The summed E-state index contributed by atoms with van der Waals surface area (Å²) in [5.74, 6) is 0.165. The highest BCUT2D eigenvalue weighted by Gasteiger charge is 2.30. The van der Waals surface area contributed by atoms with Crippen molar-refractivity contribution in [3.8, 4) is 0 Å². The number of rotatable bonds is 5. The molecule has 96 valence electrons. The predicted octanol–water partition coefficient (Wildman–Crippen LogP) is -0.208. The number of nitro groups is 1. The van der Waals surface area contributed by atoms with Crippen molar-refractivity contribution in [2.24, 2.45) is 7.05 Å². The van der Waals surface area contributed by atoms with Gasteiger partial charge in [-0.05, 0) is 13.8 Å². The molecule has 0 amide bonds. The van der Waals surface area contributed by atoms with E-state index in [1.54, 1.807) is 14.0 Å². The zero-order valence-electron chi connectivity index (χ0n) is 9.97. The Bertz CT molecular complexity index is 425. The molecule has 0 bridgehead atoms. The molecule has 1 aromatic rings. The van der Waals surface area contributed by atoms with Gasteiger partial charge in [0.15, 0.2) is 0 Å². The highest BCUT2D eigenvalue weighted by Crippen LogP contribution is 2.29. The van der Waals surface area contributed by atoms with Gasteiger partial charge in [-0.1, -0.05) is 0 Å². The summed E-state index contributed by atoms with van der Waals surface area (Å²) in [7, 11) is 1.55. The van der Waals surface area contributed by atoms with E-state index in [0.29, 0.717) is 0 Å². The van der Waals surface area contributed by atoms with Crippen LogP contribution in [0.25, 0.3) is 0 Å². The Morgan fingerprint density at radius 2 is 2.06 bits per heavy atom. The van der Waals surface area contributed by atoms with Gasteiger partial charge >= 0.3 is 5.69 Å². The Morgan fingerprint density at radius 3 is 2.47 bits per heavy atom. The standard InChI is InChI=1S/C9H16N4O4/c1-6-7(13(16)17)8(12(3)11-6)10-9(2,4-14)5-15/h10,14-15H,4-5H2,1-3H3. The van der Waals surface area contributed by atoms with Crippen LogP contribution in [0, 0.1) is 17.0 Å². The molecule has 8 heteroatoms. The van der Waals surface area contributed by atoms with Crippen LogP contribution in [0.4, 0.5) is 11.5 Å². The normalized spacial score (nSPS) is 11.6. The molecule has 17 heavy (non-hydrogen) atoms. The SMILES string of the molecule is Cc1nn(C)c(NC(C)(CO)CO)c1[N+](=O)[O-]. The van der Waals surface area contributed by atoms with Crippen LogP contribution in [-0.4, -0.2) is 43.7 Å². The Labute approximate surface area is 98.0 Å². The van der Waals surface area contributed by atoms with Crippen LogP contribution in [0.2, 0.25) is 0 Å². The van der Waals surface area contributed by atoms with Crippen molar-refractivity contribution in [3.63, 3.8) is 0 Å². The lowest BCUT2D eigenvalue weighted by molar-refractivity contribution is -0.384. The lowest BCUT2D eigenvalue weighted by Crippen LogP contribution is -2.43. The average molecular weight is 244 g/mol. The van der Waals surface area contributed by atoms with E-state index in [2.05, 4.69) is 10.4 Å². The van der Waals surface area contributed by atoms with Gasteiger partial charge in [0.25, 0.3) is 0 Å². The Morgan fingerprint density at radius 1 is 1.53 bits per heavy atom. The summed E-state index contributed by atoms with van der Waals surface area (Å²) in [5, 5.41) is 35.9. The third-order valence-corrected chi connectivity index (χ3v) is 2.49. The zero-order chi connectivity index (χ0) is 13.2. The second kappa shape index (κ2) is 4.68. The number of anilines is 1. The molecule has 0 saturated carbocycles. The van der Waals surface area contributed by atoms with Crippen LogP contribution < -0.4 is 5.32 Å². The number of aliphatic hydroxyl groups is 2. The zero-order valence-corrected chi connectivity index (χ0v) is 9.97. The molecule has 3 N–H and O–H groups in total. The van der Waals surface area contributed by atoms with Crippen molar-refractivity contribution in [2.75, 3.05) is 18.5 Å². The summed E-state index contributed by atoms with van der Waals surface area (Å²) in [5.41, 5.74) is -0.913. The van der Waals surface area contributed by atoms with E-state index >= 15 is 0 Å². The molecule has 0 spiro atoms. The van der Waals surface area contributed by atoms with Crippen molar-refractivity contribution in [1.29, 1.82) is 0 Å². The van der Waals surface area contributed by atoms with E-state index in [0.717, 1.165) is 0 Å². The molecular weight excluding hydrogens is 228 g/mol. The van der Waals surface area contributed by atoms with Gasteiger partial charge in [-0.3, -0.25) is 10.1 Å². The molecule has 0 aliphatic carbocycles. The van der Waals surface area contributed by atoms with Crippen molar-refractivity contribution < 1.29 is 15.1 Å². The van der Waals surface area contributed by atoms with Crippen LogP contribution in [-0.2, 0) is 7.05 Å². The van der Waals surface area contributed by atoms with Crippen molar-refractivity contribution in [2.45, 2.75) is 19.4 Å². The number of aliphatic hydroxyl groups excluding tert-OH is 2. The number of nitrogens with zero attached hydrogens (tertiary/aromatic N) is 3. The second-order valence-electron chi connectivity index (χ2n) is 4.17.